The molecule has 1 unspecified atom stereocenters. The van der Waals surface area contributed by atoms with Crippen LogP contribution in [-0.4, -0.2) is 21.7 Å². The van der Waals surface area contributed by atoms with Crippen LogP contribution < -0.4 is 4.74 Å². The van der Waals surface area contributed by atoms with E-state index in [2.05, 4.69) is 16.0 Å². The molecule has 4 nitrogen and oxygen atoms in total. The molecule has 17 heavy (non-hydrogen) atoms. The van der Waals surface area contributed by atoms with Crippen LogP contribution in [0.3, 0.4) is 0 Å². The first-order valence-corrected chi connectivity index (χ1v) is 5.75. The van der Waals surface area contributed by atoms with Crippen LogP contribution in [0.4, 0.5) is 0 Å². The molecule has 3 rings (SSSR count). The van der Waals surface area contributed by atoms with E-state index in [0.29, 0.717) is 6.61 Å². The molecule has 0 saturated carbocycles. The molecular formula is C13H14N2O2. The quantitative estimate of drug-likeness (QED) is 0.827. The summed E-state index contributed by atoms with van der Waals surface area (Å²) in [6, 6.07) is 8.04. The molecule has 0 radical (unpaired) electrons. The lowest BCUT2D eigenvalue weighted by molar-refractivity contribution is 0.272. The van der Waals surface area contributed by atoms with E-state index in [-0.39, 0.29) is 12.5 Å². The summed E-state index contributed by atoms with van der Waals surface area (Å²) in [6.45, 7) is 0.703. The number of H-pyrrole nitrogens is 1. The van der Waals surface area contributed by atoms with Crippen LogP contribution >= 0.6 is 0 Å². The van der Waals surface area contributed by atoms with Gasteiger partial charge in [0.05, 0.1) is 25.1 Å². The summed E-state index contributed by atoms with van der Waals surface area (Å²) in [4.78, 5) is 7.50. The molecule has 0 spiro atoms. The van der Waals surface area contributed by atoms with Crippen molar-refractivity contribution in [3.05, 3.63) is 47.5 Å². The first-order chi connectivity index (χ1) is 8.38. The van der Waals surface area contributed by atoms with Gasteiger partial charge in [-0.1, -0.05) is 18.2 Å². The van der Waals surface area contributed by atoms with Crippen LogP contribution in [-0.2, 0) is 6.61 Å². The third-order valence-corrected chi connectivity index (χ3v) is 3.11. The second-order valence-corrected chi connectivity index (χ2v) is 4.18. The number of aliphatic hydroxyl groups excluding tert-OH is 1. The topological polar surface area (TPSA) is 58.1 Å². The molecule has 0 aliphatic carbocycles. The van der Waals surface area contributed by atoms with Crippen molar-refractivity contribution in [1.82, 2.24) is 9.97 Å². The molecule has 2 aromatic rings. The van der Waals surface area contributed by atoms with Crippen LogP contribution in [0.1, 0.15) is 29.4 Å². The maximum Gasteiger partial charge on any atom is 0.123 e. The molecular weight excluding hydrogens is 216 g/mol. The molecule has 1 aliphatic heterocycles. The number of hydrogen-bond acceptors (Lipinski definition) is 3. The zero-order chi connectivity index (χ0) is 11.7. The Morgan fingerprint density at radius 3 is 3.12 bits per heavy atom. The average molecular weight is 230 g/mol. The van der Waals surface area contributed by atoms with Gasteiger partial charge in [0.25, 0.3) is 0 Å². The Bertz CT molecular complexity index is 522. The van der Waals surface area contributed by atoms with E-state index < -0.39 is 0 Å². The van der Waals surface area contributed by atoms with Crippen LogP contribution in [0.15, 0.2) is 30.5 Å². The number of hydrogen-bond donors (Lipinski definition) is 2. The van der Waals surface area contributed by atoms with Gasteiger partial charge in [0, 0.05) is 11.5 Å². The Morgan fingerprint density at radius 1 is 1.41 bits per heavy atom. The Kier molecular flexibility index (Phi) is 2.57. The normalized spacial score (nSPS) is 18.5. The predicted octanol–water partition coefficient (Wildman–Crippen LogP) is 1.82. The third kappa shape index (κ3) is 1.80. The van der Waals surface area contributed by atoms with Gasteiger partial charge in [-0.05, 0) is 12.5 Å². The molecule has 2 N–H and O–H groups in total. The maximum atomic E-state index is 9.05. The fourth-order valence-electron chi connectivity index (χ4n) is 2.26. The smallest absolute Gasteiger partial charge is 0.123 e. The molecule has 0 bridgehead atoms. The van der Waals surface area contributed by atoms with Crippen LogP contribution in [0.5, 0.6) is 5.75 Å². The van der Waals surface area contributed by atoms with Crippen molar-refractivity contribution in [2.45, 2.75) is 18.9 Å². The molecule has 1 aliphatic rings. The molecule has 1 aromatic carbocycles. The van der Waals surface area contributed by atoms with E-state index in [1.807, 2.05) is 18.2 Å². The van der Waals surface area contributed by atoms with Crippen LogP contribution in [0.25, 0.3) is 0 Å². The number of para-hydroxylation sites is 1. The molecule has 1 aromatic heterocycles. The Balaban J connectivity index is 1.99. The number of aromatic nitrogens is 2. The molecule has 88 valence electrons. The number of nitrogens with zero attached hydrogens (tertiary/aromatic N) is 1. The highest BCUT2D eigenvalue weighted by atomic mass is 16.5. The van der Waals surface area contributed by atoms with Gasteiger partial charge in [-0.15, -0.1) is 0 Å². The van der Waals surface area contributed by atoms with Gasteiger partial charge in [-0.25, -0.2) is 4.98 Å². The van der Waals surface area contributed by atoms with Crippen molar-refractivity contribution in [2.24, 2.45) is 0 Å². The number of rotatable bonds is 2. The number of imidazole rings is 1. The lowest BCUT2D eigenvalue weighted by Gasteiger charge is -2.24. The minimum Gasteiger partial charge on any atom is -0.493 e. The first-order valence-electron chi connectivity index (χ1n) is 5.75. The van der Waals surface area contributed by atoms with E-state index >= 15 is 0 Å². The molecule has 2 heterocycles. The number of nitrogens with one attached hydrogen (secondary N) is 1. The zero-order valence-corrected chi connectivity index (χ0v) is 9.39. The second-order valence-electron chi connectivity index (χ2n) is 4.18. The molecule has 0 saturated heterocycles. The lowest BCUT2D eigenvalue weighted by atomic mass is 9.92. The van der Waals surface area contributed by atoms with Gasteiger partial charge in [0.1, 0.15) is 11.6 Å². The number of ether oxygens (including phenoxy) is 1. The van der Waals surface area contributed by atoms with E-state index in [1.165, 1.54) is 0 Å². The second kappa shape index (κ2) is 4.22. The van der Waals surface area contributed by atoms with Gasteiger partial charge >= 0.3 is 0 Å². The highest BCUT2D eigenvalue weighted by Gasteiger charge is 2.24. The van der Waals surface area contributed by atoms with E-state index in [9.17, 15) is 0 Å². The summed E-state index contributed by atoms with van der Waals surface area (Å²) in [5, 5.41) is 9.05. The van der Waals surface area contributed by atoms with Crippen molar-refractivity contribution in [1.29, 1.82) is 0 Å². The summed E-state index contributed by atoms with van der Waals surface area (Å²) in [5.41, 5.74) is 1.92. The maximum absolute atomic E-state index is 9.05. The molecule has 0 amide bonds. The lowest BCUT2D eigenvalue weighted by Crippen LogP contribution is -2.16. The highest BCUT2D eigenvalue weighted by molar-refractivity contribution is 5.40. The number of aromatic amines is 1. The van der Waals surface area contributed by atoms with E-state index in [0.717, 1.165) is 29.3 Å². The van der Waals surface area contributed by atoms with Gasteiger partial charge < -0.3 is 14.8 Å². The minimum absolute atomic E-state index is 0.00212. The van der Waals surface area contributed by atoms with Gasteiger partial charge in [0.2, 0.25) is 0 Å². The average Bonchev–Trinajstić information content (AvgIpc) is 2.87. The molecule has 4 heteroatoms. The van der Waals surface area contributed by atoms with Crippen molar-refractivity contribution in [3.63, 3.8) is 0 Å². The van der Waals surface area contributed by atoms with Gasteiger partial charge in [-0.2, -0.15) is 0 Å². The summed E-state index contributed by atoms with van der Waals surface area (Å²) < 4.78 is 5.62. The largest absolute Gasteiger partial charge is 0.493 e. The minimum atomic E-state index is -0.00212. The Hall–Kier alpha value is -1.81. The standard InChI is InChI=1S/C13H14N2O2/c16-8-9-7-14-13(15-9)11-5-6-17-12-4-2-1-3-10(11)12/h1-4,7,11,16H,5-6,8H2,(H,14,15). The molecule has 1 atom stereocenters. The SMILES string of the molecule is OCc1cnc(C2CCOc3ccccc32)[nH]1. The summed E-state index contributed by atoms with van der Waals surface area (Å²) in [7, 11) is 0. The van der Waals surface area contributed by atoms with Crippen molar-refractivity contribution in [2.75, 3.05) is 6.61 Å². The van der Waals surface area contributed by atoms with E-state index in [1.54, 1.807) is 6.20 Å². The third-order valence-electron chi connectivity index (χ3n) is 3.11. The summed E-state index contributed by atoms with van der Waals surface area (Å²) >= 11 is 0. The van der Waals surface area contributed by atoms with Crippen molar-refractivity contribution >= 4 is 0 Å². The predicted molar refractivity (Wildman–Crippen MR) is 62.9 cm³/mol. The number of benzene rings is 1. The Labute approximate surface area is 99.3 Å². The number of fused-ring (bicyclic) bond motifs is 1. The van der Waals surface area contributed by atoms with Crippen molar-refractivity contribution in [3.8, 4) is 5.75 Å². The monoisotopic (exact) mass is 230 g/mol. The van der Waals surface area contributed by atoms with E-state index in [4.69, 9.17) is 9.84 Å². The van der Waals surface area contributed by atoms with Gasteiger partial charge in [0.15, 0.2) is 0 Å². The Morgan fingerprint density at radius 2 is 2.29 bits per heavy atom. The number of aliphatic hydroxyl groups is 1. The zero-order valence-electron chi connectivity index (χ0n) is 9.39. The van der Waals surface area contributed by atoms with Crippen LogP contribution in [0, 0.1) is 0 Å². The molecule has 0 fully saturated rings. The first kappa shape index (κ1) is 10.4. The fraction of sp³-hybridized carbons (Fsp3) is 0.308. The van der Waals surface area contributed by atoms with Gasteiger partial charge in [-0.3, -0.25) is 0 Å². The van der Waals surface area contributed by atoms with Crippen molar-refractivity contribution < 1.29 is 9.84 Å². The summed E-state index contributed by atoms with van der Waals surface area (Å²) in [5.74, 6) is 2.08. The highest BCUT2D eigenvalue weighted by Crippen LogP contribution is 2.36. The van der Waals surface area contributed by atoms with Crippen LogP contribution in [0.2, 0.25) is 0 Å². The summed E-state index contributed by atoms with van der Waals surface area (Å²) in [6.07, 6.45) is 2.60. The fourth-order valence-corrected chi connectivity index (χ4v) is 2.26.